The van der Waals surface area contributed by atoms with Crippen molar-refractivity contribution in [3.63, 3.8) is 0 Å². The van der Waals surface area contributed by atoms with Gasteiger partial charge in [-0.3, -0.25) is 14.4 Å². The number of nitrogens with zero attached hydrogens (tertiary/aromatic N) is 1. The van der Waals surface area contributed by atoms with Crippen molar-refractivity contribution in [2.24, 2.45) is 5.41 Å². The fourth-order valence-electron chi connectivity index (χ4n) is 6.39. The Morgan fingerprint density at radius 1 is 1.02 bits per heavy atom. The van der Waals surface area contributed by atoms with Crippen molar-refractivity contribution in [3.8, 4) is 0 Å². The first-order valence-corrected chi connectivity index (χ1v) is 16.0. The lowest BCUT2D eigenvalue weighted by atomic mass is 9.87. The molecular formula is C33H50N4O6. The average Bonchev–Trinajstić information content (AvgIpc) is 3.39. The van der Waals surface area contributed by atoms with Crippen LogP contribution in [0.4, 0.5) is 4.79 Å². The maximum atomic E-state index is 14.2. The van der Waals surface area contributed by atoms with E-state index in [1.165, 1.54) is 5.56 Å². The van der Waals surface area contributed by atoms with Gasteiger partial charge in [0.2, 0.25) is 17.7 Å². The van der Waals surface area contributed by atoms with Crippen LogP contribution in [-0.4, -0.2) is 72.2 Å². The minimum atomic E-state index is -0.916. The standard InChI is InChI=1S/C33H50N4O6/c1-6-18-42-24-16-14-23-15-17-28(30(39)35-26-13-9-11-22-10-7-8-12-25(22)26)37(23)31(40)27(19-24)36-29(38)21(2)34-32(41)43-20-33(3,4)5/h7-8,10,12,21,23-24,26-28H,6,9,11,13-20H2,1-5H3,(H,34,41)(H,35,39)(H,36,38)/t21-,23-,24+,26+,27-,28-/m0/s1. The zero-order valence-electron chi connectivity index (χ0n) is 26.4. The molecule has 43 heavy (non-hydrogen) atoms. The van der Waals surface area contributed by atoms with Gasteiger partial charge in [0.05, 0.1) is 18.8 Å². The molecule has 2 heterocycles. The number of carbonyl (C=O) groups excluding carboxylic acids is 4. The van der Waals surface area contributed by atoms with Crippen LogP contribution in [0.25, 0.3) is 0 Å². The highest BCUT2D eigenvalue weighted by molar-refractivity contribution is 5.94. The molecule has 0 spiro atoms. The third-order valence-corrected chi connectivity index (χ3v) is 8.60. The molecule has 1 aliphatic carbocycles. The second-order valence-corrected chi connectivity index (χ2v) is 13.5. The van der Waals surface area contributed by atoms with E-state index in [1.54, 1.807) is 11.8 Å². The number of ether oxygens (including phenoxy) is 2. The van der Waals surface area contributed by atoms with E-state index in [0.717, 1.165) is 50.5 Å². The minimum Gasteiger partial charge on any atom is -0.449 e. The third-order valence-electron chi connectivity index (χ3n) is 8.60. The first-order valence-electron chi connectivity index (χ1n) is 16.0. The summed E-state index contributed by atoms with van der Waals surface area (Å²) >= 11 is 0. The lowest BCUT2D eigenvalue weighted by Crippen LogP contribution is -2.59. The summed E-state index contributed by atoms with van der Waals surface area (Å²) < 4.78 is 11.3. The molecule has 1 aromatic carbocycles. The first-order chi connectivity index (χ1) is 20.5. The molecule has 3 N–H and O–H groups in total. The normalized spacial score (nSPS) is 26.3. The van der Waals surface area contributed by atoms with Gasteiger partial charge < -0.3 is 30.3 Å². The number of alkyl carbamates (subject to hydrolysis) is 1. The van der Waals surface area contributed by atoms with Crippen LogP contribution in [0.5, 0.6) is 0 Å². The summed E-state index contributed by atoms with van der Waals surface area (Å²) in [4.78, 5) is 55.1. The molecular weight excluding hydrogens is 548 g/mol. The van der Waals surface area contributed by atoms with Gasteiger partial charge in [0, 0.05) is 19.1 Å². The third kappa shape index (κ3) is 8.71. The Kier molecular flexibility index (Phi) is 11.1. The predicted octanol–water partition coefficient (Wildman–Crippen LogP) is 4.16. The van der Waals surface area contributed by atoms with Crippen molar-refractivity contribution in [2.75, 3.05) is 13.2 Å². The molecule has 238 valence electrons. The van der Waals surface area contributed by atoms with Gasteiger partial charge in [-0.15, -0.1) is 0 Å². The molecule has 3 aliphatic rings. The zero-order valence-corrected chi connectivity index (χ0v) is 26.4. The number of aryl methyl sites for hydroxylation is 1. The van der Waals surface area contributed by atoms with Crippen molar-refractivity contribution in [3.05, 3.63) is 35.4 Å². The van der Waals surface area contributed by atoms with E-state index in [0.29, 0.717) is 19.4 Å². The van der Waals surface area contributed by atoms with Gasteiger partial charge >= 0.3 is 6.09 Å². The minimum absolute atomic E-state index is 0.0753. The van der Waals surface area contributed by atoms with E-state index in [-0.39, 0.29) is 42.0 Å². The van der Waals surface area contributed by atoms with Crippen LogP contribution in [0.2, 0.25) is 0 Å². The topological polar surface area (TPSA) is 126 Å². The molecule has 0 radical (unpaired) electrons. The van der Waals surface area contributed by atoms with Crippen LogP contribution in [0, 0.1) is 5.41 Å². The highest BCUT2D eigenvalue weighted by Crippen LogP contribution is 2.34. The van der Waals surface area contributed by atoms with Crippen LogP contribution in [-0.2, 0) is 30.3 Å². The molecule has 2 saturated heterocycles. The van der Waals surface area contributed by atoms with Gasteiger partial charge in [-0.05, 0) is 74.8 Å². The number of carbonyl (C=O) groups is 4. The van der Waals surface area contributed by atoms with Crippen LogP contribution < -0.4 is 16.0 Å². The molecule has 0 saturated carbocycles. The maximum Gasteiger partial charge on any atom is 0.407 e. The maximum absolute atomic E-state index is 14.2. The Labute approximate surface area is 256 Å². The number of benzene rings is 1. The monoisotopic (exact) mass is 598 g/mol. The summed E-state index contributed by atoms with van der Waals surface area (Å²) in [5, 5.41) is 8.69. The molecule has 4 rings (SSSR count). The molecule has 2 fully saturated rings. The fourth-order valence-corrected chi connectivity index (χ4v) is 6.39. The Morgan fingerprint density at radius 2 is 1.77 bits per heavy atom. The Hall–Kier alpha value is -3.14. The van der Waals surface area contributed by atoms with Crippen molar-refractivity contribution < 1.29 is 28.7 Å². The van der Waals surface area contributed by atoms with E-state index in [9.17, 15) is 19.2 Å². The van der Waals surface area contributed by atoms with Crippen LogP contribution >= 0.6 is 0 Å². The second kappa shape index (κ2) is 14.6. The summed E-state index contributed by atoms with van der Waals surface area (Å²) in [5.74, 6) is -0.901. The number of amides is 4. The van der Waals surface area contributed by atoms with Crippen molar-refractivity contribution in [2.45, 2.75) is 129 Å². The zero-order chi connectivity index (χ0) is 31.1. The van der Waals surface area contributed by atoms with Gasteiger partial charge in [-0.25, -0.2) is 4.79 Å². The van der Waals surface area contributed by atoms with Crippen LogP contribution in [0.1, 0.15) is 103 Å². The highest BCUT2D eigenvalue weighted by Gasteiger charge is 2.46. The summed E-state index contributed by atoms with van der Waals surface area (Å²) in [7, 11) is 0. The molecule has 0 unspecified atom stereocenters. The van der Waals surface area contributed by atoms with E-state index in [2.05, 4.69) is 28.1 Å². The number of fused-ring (bicyclic) bond motifs is 2. The summed E-state index contributed by atoms with van der Waals surface area (Å²) in [6.45, 7) is 10.2. The lowest BCUT2D eigenvalue weighted by Gasteiger charge is -2.38. The van der Waals surface area contributed by atoms with Crippen LogP contribution in [0.3, 0.4) is 0 Å². The molecule has 0 bridgehead atoms. The second-order valence-electron chi connectivity index (χ2n) is 13.5. The Morgan fingerprint density at radius 3 is 2.51 bits per heavy atom. The van der Waals surface area contributed by atoms with E-state index >= 15 is 0 Å². The molecule has 10 nitrogen and oxygen atoms in total. The Balaban J connectivity index is 1.47. The molecule has 0 aromatic heterocycles. The van der Waals surface area contributed by atoms with Gasteiger partial charge in [-0.2, -0.15) is 0 Å². The van der Waals surface area contributed by atoms with E-state index < -0.39 is 30.1 Å². The number of nitrogens with one attached hydrogen (secondary N) is 3. The van der Waals surface area contributed by atoms with Crippen molar-refractivity contribution in [1.82, 2.24) is 20.9 Å². The van der Waals surface area contributed by atoms with Gasteiger partial charge in [-0.1, -0.05) is 52.0 Å². The molecule has 2 aliphatic heterocycles. The number of rotatable bonds is 9. The fraction of sp³-hybridized carbons (Fsp3) is 0.697. The van der Waals surface area contributed by atoms with Crippen LogP contribution in [0.15, 0.2) is 24.3 Å². The van der Waals surface area contributed by atoms with Gasteiger partial charge in [0.15, 0.2) is 0 Å². The van der Waals surface area contributed by atoms with E-state index in [1.807, 2.05) is 39.8 Å². The summed E-state index contributed by atoms with van der Waals surface area (Å²) in [5.41, 5.74) is 2.20. The molecule has 10 heteroatoms. The molecule has 4 amide bonds. The predicted molar refractivity (Wildman–Crippen MR) is 163 cm³/mol. The number of hydrogen-bond acceptors (Lipinski definition) is 6. The largest absolute Gasteiger partial charge is 0.449 e. The van der Waals surface area contributed by atoms with Gasteiger partial charge in [0.1, 0.15) is 18.1 Å². The SMILES string of the molecule is CCCO[C@@H]1CC[C@H]2CC[C@@H](C(=O)N[C@@H]3CCCc4ccccc43)N2C(=O)[C@@H](NC(=O)[C@H](C)NC(=O)OCC(C)(C)C)C1. The highest BCUT2D eigenvalue weighted by atomic mass is 16.5. The van der Waals surface area contributed by atoms with Gasteiger partial charge in [0.25, 0.3) is 0 Å². The average molecular weight is 599 g/mol. The smallest absolute Gasteiger partial charge is 0.407 e. The summed E-state index contributed by atoms with van der Waals surface area (Å²) in [6.07, 6.45) is 5.93. The number of hydrogen-bond donors (Lipinski definition) is 3. The molecule has 1 aromatic rings. The van der Waals surface area contributed by atoms with E-state index in [4.69, 9.17) is 9.47 Å². The quantitative estimate of drug-likeness (QED) is 0.392. The van der Waals surface area contributed by atoms with Crippen molar-refractivity contribution in [1.29, 1.82) is 0 Å². The summed E-state index contributed by atoms with van der Waals surface area (Å²) in [6, 6.07) is 5.66. The Bertz CT molecular complexity index is 1150. The molecule has 6 atom stereocenters. The van der Waals surface area contributed by atoms with Crippen molar-refractivity contribution >= 4 is 23.8 Å². The first kappa shape index (κ1) is 32.8. The lowest BCUT2D eigenvalue weighted by molar-refractivity contribution is -0.146.